The molecule has 0 spiro atoms. The Kier molecular flexibility index (Phi) is 5.76. The number of anilines is 1. The molecule has 0 radical (unpaired) electrons. The van der Waals surface area contributed by atoms with E-state index < -0.39 is 14.9 Å². The summed E-state index contributed by atoms with van der Waals surface area (Å²) in [7, 11) is -3.93. The quantitative estimate of drug-likeness (QED) is 0.589. The maximum absolute atomic E-state index is 12.6. The van der Waals surface area contributed by atoms with Crippen molar-refractivity contribution in [2.75, 3.05) is 11.4 Å². The van der Waals surface area contributed by atoms with Crippen LogP contribution in [-0.2, 0) is 21.4 Å². The number of nitrogens with zero attached hydrogens (tertiary/aromatic N) is 2. The van der Waals surface area contributed by atoms with Crippen LogP contribution in [0, 0.1) is 17.0 Å². The number of aryl methyl sites for hydroxylation is 1. The Balaban J connectivity index is 1.78. The number of hydrogen-bond acceptors (Lipinski definition) is 5. The van der Waals surface area contributed by atoms with E-state index in [4.69, 9.17) is 0 Å². The summed E-state index contributed by atoms with van der Waals surface area (Å²) in [5.41, 5.74) is 1.58. The third-order valence-corrected chi connectivity index (χ3v) is 6.23. The predicted octanol–water partition coefficient (Wildman–Crippen LogP) is 2.90. The first-order chi connectivity index (χ1) is 13.3. The smallest absolute Gasteiger partial charge is 0.270 e. The zero-order valence-corrected chi connectivity index (χ0v) is 16.2. The fourth-order valence-electron chi connectivity index (χ4n) is 3.16. The molecule has 1 saturated heterocycles. The summed E-state index contributed by atoms with van der Waals surface area (Å²) in [6.45, 7) is 2.25. The average Bonchev–Trinajstić information content (AvgIpc) is 2.67. The molecule has 1 aliphatic heterocycles. The molecule has 2 aromatic carbocycles. The molecule has 1 fully saturated rings. The van der Waals surface area contributed by atoms with Crippen molar-refractivity contribution in [3.8, 4) is 0 Å². The summed E-state index contributed by atoms with van der Waals surface area (Å²) in [6, 6.07) is 10.9. The summed E-state index contributed by atoms with van der Waals surface area (Å²) in [6.07, 6.45) is 2.34. The van der Waals surface area contributed by atoms with Crippen molar-refractivity contribution < 1.29 is 18.1 Å². The zero-order chi connectivity index (χ0) is 20.3. The third kappa shape index (κ3) is 4.37. The van der Waals surface area contributed by atoms with Crippen LogP contribution in [0.4, 0.5) is 11.4 Å². The van der Waals surface area contributed by atoms with E-state index in [0.29, 0.717) is 24.1 Å². The van der Waals surface area contributed by atoms with Gasteiger partial charge in [-0.15, -0.1) is 0 Å². The number of nitro benzene ring substituents is 1. The molecule has 3 rings (SSSR count). The lowest BCUT2D eigenvalue weighted by Gasteiger charge is -2.27. The molecular formula is C19H21N3O5S. The predicted molar refractivity (Wildman–Crippen MR) is 105 cm³/mol. The highest BCUT2D eigenvalue weighted by Crippen LogP contribution is 2.24. The van der Waals surface area contributed by atoms with E-state index in [0.717, 1.165) is 24.6 Å². The number of nitrogens with one attached hydrogen (secondary N) is 1. The molecule has 0 aliphatic carbocycles. The number of rotatable bonds is 6. The van der Waals surface area contributed by atoms with E-state index in [1.165, 1.54) is 12.1 Å². The first kappa shape index (κ1) is 20.0. The molecule has 2 aromatic rings. The molecule has 0 unspecified atom stereocenters. The van der Waals surface area contributed by atoms with Crippen molar-refractivity contribution in [3.05, 3.63) is 63.7 Å². The summed E-state index contributed by atoms with van der Waals surface area (Å²) >= 11 is 0. The number of nitro groups is 1. The van der Waals surface area contributed by atoms with Gasteiger partial charge < -0.3 is 4.90 Å². The second-order valence-corrected chi connectivity index (χ2v) is 8.44. The number of hydrogen-bond donors (Lipinski definition) is 1. The van der Waals surface area contributed by atoms with E-state index in [1.54, 1.807) is 30.0 Å². The molecule has 1 aliphatic rings. The van der Waals surface area contributed by atoms with E-state index in [2.05, 4.69) is 4.72 Å². The Morgan fingerprint density at radius 3 is 2.68 bits per heavy atom. The van der Waals surface area contributed by atoms with Crippen molar-refractivity contribution in [1.29, 1.82) is 0 Å². The van der Waals surface area contributed by atoms with Crippen molar-refractivity contribution in [2.24, 2.45) is 0 Å². The van der Waals surface area contributed by atoms with Gasteiger partial charge in [-0.3, -0.25) is 14.9 Å². The van der Waals surface area contributed by atoms with E-state index in [-0.39, 0.29) is 23.0 Å². The highest BCUT2D eigenvalue weighted by atomic mass is 32.2. The van der Waals surface area contributed by atoms with Crippen LogP contribution in [0.2, 0.25) is 0 Å². The number of sulfonamides is 1. The van der Waals surface area contributed by atoms with Crippen molar-refractivity contribution >= 4 is 27.3 Å². The highest BCUT2D eigenvalue weighted by Gasteiger charge is 2.22. The lowest BCUT2D eigenvalue weighted by Crippen LogP contribution is -2.35. The Bertz CT molecular complexity index is 1020. The van der Waals surface area contributed by atoms with Gasteiger partial charge in [0.1, 0.15) is 0 Å². The maximum Gasteiger partial charge on any atom is 0.270 e. The molecule has 28 heavy (non-hydrogen) atoms. The van der Waals surface area contributed by atoms with Gasteiger partial charge in [0.15, 0.2) is 0 Å². The summed E-state index contributed by atoms with van der Waals surface area (Å²) < 4.78 is 27.8. The molecule has 0 saturated carbocycles. The Morgan fingerprint density at radius 1 is 1.18 bits per heavy atom. The number of non-ortho nitro benzene ring substituents is 1. The molecule has 1 N–H and O–H groups in total. The van der Waals surface area contributed by atoms with E-state index in [9.17, 15) is 23.3 Å². The molecule has 0 aromatic heterocycles. The minimum absolute atomic E-state index is 0.0142. The molecule has 0 atom stereocenters. The van der Waals surface area contributed by atoms with Gasteiger partial charge in [-0.1, -0.05) is 18.2 Å². The fourth-order valence-corrected chi connectivity index (χ4v) is 4.44. The molecular weight excluding hydrogens is 382 g/mol. The van der Waals surface area contributed by atoms with Crippen LogP contribution in [0.15, 0.2) is 47.4 Å². The van der Waals surface area contributed by atoms with Gasteiger partial charge in [-0.2, -0.15) is 0 Å². The van der Waals surface area contributed by atoms with Crippen LogP contribution in [0.25, 0.3) is 0 Å². The zero-order valence-electron chi connectivity index (χ0n) is 15.4. The Hall–Kier alpha value is -2.78. The molecule has 1 heterocycles. The monoisotopic (exact) mass is 403 g/mol. The van der Waals surface area contributed by atoms with Crippen LogP contribution >= 0.6 is 0 Å². The van der Waals surface area contributed by atoms with Crippen molar-refractivity contribution in [1.82, 2.24) is 4.72 Å². The lowest BCUT2D eigenvalue weighted by molar-refractivity contribution is -0.385. The highest BCUT2D eigenvalue weighted by molar-refractivity contribution is 7.89. The number of benzene rings is 2. The van der Waals surface area contributed by atoms with Gasteiger partial charge >= 0.3 is 0 Å². The van der Waals surface area contributed by atoms with Gasteiger partial charge in [0.25, 0.3) is 5.69 Å². The molecule has 9 heteroatoms. The fraction of sp³-hybridized carbons (Fsp3) is 0.316. The Morgan fingerprint density at radius 2 is 1.96 bits per heavy atom. The minimum Gasteiger partial charge on any atom is -0.312 e. The van der Waals surface area contributed by atoms with Crippen LogP contribution in [0.3, 0.4) is 0 Å². The summed E-state index contributed by atoms with van der Waals surface area (Å²) in [4.78, 5) is 24.0. The van der Waals surface area contributed by atoms with Gasteiger partial charge in [-0.25, -0.2) is 13.1 Å². The number of carbonyl (C=O) groups excluding carboxylic acids is 1. The minimum atomic E-state index is -3.93. The van der Waals surface area contributed by atoms with Gasteiger partial charge in [0.05, 0.1) is 9.82 Å². The van der Waals surface area contributed by atoms with Gasteiger partial charge in [-0.05, 0) is 43.0 Å². The summed E-state index contributed by atoms with van der Waals surface area (Å²) in [5.74, 6) is 0.0659. The van der Waals surface area contributed by atoms with Crippen LogP contribution in [0.1, 0.15) is 30.4 Å². The molecule has 1 amide bonds. The standard InChI is InChI=1S/C19H21N3O5S/c1-14-8-9-17(22(24)25)12-18(14)28(26,27)20-13-15-5-4-6-16(11-15)21-10-3-2-7-19(21)23/h4-6,8-9,11-12,20H,2-3,7,10,13H2,1H3. The second kappa shape index (κ2) is 8.07. The van der Waals surface area contributed by atoms with E-state index in [1.807, 2.05) is 6.07 Å². The average molecular weight is 403 g/mol. The first-order valence-corrected chi connectivity index (χ1v) is 10.4. The number of amides is 1. The number of piperidine rings is 1. The van der Waals surface area contributed by atoms with Crippen LogP contribution < -0.4 is 9.62 Å². The first-order valence-electron chi connectivity index (χ1n) is 8.92. The SMILES string of the molecule is Cc1ccc([N+](=O)[O-])cc1S(=O)(=O)NCc1cccc(N2CCCCC2=O)c1. The van der Waals surface area contributed by atoms with Crippen molar-refractivity contribution in [2.45, 2.75) is 37.6 Å². The second-order valence-electron chi connectivity index (χ2n) is 6.70. The third-order valence-electron chi connectivity index (χ3n) is 4.68. The maximum atomic E-state index is 12.6. The van der Waals surface area contributed by atoms with E-state index >= 15 is 0 Å². The normalized spacial score (nSPS) is 14.9. The largest absolute Gasteiger partial charge is 0.312 e. The summed E-state index contributed by atoms with van der Waals surface area (Å²) in [5, 5.41) is 10.9. The molecule has 148 valence electrons. The topological polar surface area (TPSA) is 110 Å². The number of carbonyl (C=O) groups is 1. The molecule has 0 bridgehead atoms. The Labute approximate surface area is 163 Å². The molecule has 8 nitrogen and oxygen atoms in total. The van der Waals surface area contributed by atoms with Crippen LogP contribution in [-0.4, -0.2) is 25.8 Å². The lowest BCUT2D eigenvalue weighted by atomic mass is 10.1. The van der Waals surface area contributed by atoms with Gasteiger partial charge in [0.2, 0.25) is 15.9 Å². The van der Waals surface area contributed by atoms with Crippen LogP contribution in [0.5, 0.6) is 0 Å². The van der Waals surface area contributed by atoms with Gasteiger partial charge in [0, 0.05) is 37.3 Å². The van der Waals surface area contributed by atoms with Crippen molar-refractivity contribution in [3.63, 3.8) is 0 Å².